The molecule has 3 aromatic rings. The number of carbonyl (C=O) groups is 1. The van der Waals surface area contributed by atoms with Crippen molar-refractivity contribution in [1.82, 2.24) is 5.32 Å². The second-order valence-electron chi connectivity index (χ2n) is 8.70. The molecular formula is C26H24F3NO4S. The zero-order chi connectivity index (χ0) is 25.3. The van der Waals surface area contributed by atoms with Gasteiger partial charge in [0.05, 0.1) is 10.6 Å². The van der Waals surface area contributed by atoms with E-state index in [4.69, 9.17) is 0 Å². The van der Waals surface area contributed by atoms with Gasteiger partial charge in [0, 0.05) is 12.1 Å². The maximum atomic E-state index is 13.8. The lowest BCUT2D eigenvalue weighted by Gasteiger charge is -2.31. The highest BCUT2D eigenvalue weighted by Crippen LogP contribution is 2.44. The Balaban J connectivity index is 1.43. The average molecular weight is 504 g/mol. The molecule has 4 rings (SSSR count). The Labute approximate surface area is 201 Å². The van der Waals surface area contributed by atoms with E-state index in [0.717, 1.165) is 25.0 Å². The Morgan fingerprint density at radius 1 is 0.886 bits per heavy atom. The van der Waals surface area contributed by atoms with Gasteiger partial charge in [-0.25, -0.2) is 8.42 Å². The molecule has 35 heavy (non-hydrogen) atoms. The first kappa shape index (κ1) is 24.9. The monoisotopic (exact) mass is 503 g/mol. The van der Waals surface area contributed by atoms with Crippen LogP contribution in [0.1, 0.15) is 39.9 Å². The summed E-state index contributed by atoms with van der Waals surface area (Å²) in [5, 5.41) is 13.3. The van der Waals surface area contributed by atoms with Gasteiger partial charge in [-0.1, -0.05) is 54.6 Å². The third kappa shape index (κ3) is 5.41. The van der Waals surface area contributed by atoms with Gasteiger partial charge in [0.25, 0.3) is 5.91 Å². The van der Waals surface area contributed by atoms with Crippen LogP contribution in [0.2, 0.25) is 0 Å². The lowest BCUT2D eigenvalue weighted by Crippen LogP contribution is -2.43. The van der Waals surface area contributed by atoms with Gasteiger partial charge in [0.15, 0.2) is 9.84 Å². The van der Waals surface area contributed by atoms with Crippen LogP contribution in [0.4, 0.5) is 13.2 Å². The normalized spacial score (nSPS) is 15.9. The Morgan fingerprint density at radius 3 is 2.00 bits per heavy atom. The molecular weight excluding hydrogens is 479 g/mol. The molecule has 0 heterocycles. The van der Waals surface area contributed by atoms with E-state index in [9.17, 15) is 31.5 Å². The number of benzene rings is 3. The van der Waals surface area contributed by atoms with Crippen LogP contribution in [0, 0.1) is 5.92 Å². The Morgan fingerprint density at radius 2 is 1.46 bits per heavy atom. The quantitative estimate of drug-likeness (QED) is 0.471. The Kier molecular flexibility index (Phi) is 6.75. The van der Waals surface area contributed by atoms with Crippen molar-refractivity contribution in [3.63, 3.8) is 0 Å². The summed E-state index contributed by atoms with van der Waals surface area (Å²) in [4.78, 5) is 12.7. The number of hydrogen-bond acceptors (Lipinski definition) is 4. The van der Waals surface area contributed by atoms with Crippen molar-refractivity contribution in [1.29, 1.82) is 0 Å². The maximum absolute atomic E-state index is 13.8. The number of carbonyl (C=O) groups excluding carboxylic acids is 1. The zero-order valence-electron chi connectivity index (χ0n) is 18.6. The summed E-state index contributed by atoms with van der Waals surface area (Å²) in [5.74, 6) is -0.130. The van der Waals surface area contributed by atoms with E-state index in [1.807, 2.05) is 0 Å². The first-order valence-electron chi connectivity index (χ1n) is 11.1. The van der Waals surface area contributed by atoms with Gasteiger partial charge in [-0.2, -0.15) is 13.2 Å². The van der Waals surface area contributed by atoms with E-state index < -0.39 is 33.1 Å². The fourth-order valence-electron chi connectivity index (χ4n) is 3.83. The molecule has 9 heteroatoms. The first-order chi connectivity index (χ1) is 16.5. The minimum atomic E-state index is -4.98. The zero-order valence-corrected chi connectivity index (χ0v) is 19.4. The molecule has 0 spiro atoms. The highest BCUT2D eigenvalue weighted by Gasteiger charge is 2.56. The van der Waals surface area contributed by atoms with Crippen molar-refractivity contribution < 1.29 is 31.5 Å². The Bertz CT molecular complexity index is 1290. The van der Waals surface area contributed by atoms with Crippen LogP contribution in [0.15, 0.2) is 83.8 Å². The topological polar surface area (TPSA) is 83.5 Å². The van der Waals surface area contributed by atoms with Crippen LogP contribution in [-0.4, -0.2) is 31.4 Å². The van der Waals surface area contributed by atoms with Crippen molar-refractivity contribution in [2.24, 2.45) is 5.92 Å². The predicted molar refractivity (Wildman–Crippen MR) is 124 cm³/mol. The Hall–Kier alpha value is -3.17. The van der Waals surface area contributed by atoms with Crippen LogP contribution >= 0.6 is 0 Å². The van der Waals surface area contributed by atoms with E-state index in [1.54, 1.807) is 18.2 Å². The predicted octanol–water partition coefficient (Wildman–Crippen LogP) is 4.60. The number of nitrogens with one attached hydrogen (secondary N) is 1. The lowest BCUT2D eigenvalue weighted by molar-refractivity contribution is -0.248. The molecule has 1 saturated carbocycles. The molecule has 1 atom stereocenters. The molecule has 0 bridgehead atoms. The minimum Gasteiger partial charge on any atom is -0.372 e. The van der Waals surface area contributed by atoms with Gasteiger partial charge >= 0.3 is 6.18 Å². The van der Waals surface area contributed by atoms with Crippen molar-refractivity contribution in [3.8, 4) is 0 Å². The van der Waals surface area contributed by atoms with Crippen LogP contribution < -0.4 is 5.32 Å². The summed E-state index contributed by atoms with van der Waals surface area (Å²) < 4.78 is 66.2. The number of aliphatic hydroxyl groups is 1. The third-order valence-corrected chi connectivity index (χ3v) is 7.95. The second-order valence-corrected chi connectivity index (χ2v) is 10.7. The molecule has 1 unspecified atom stereocenters. The van der Waals surface area contributed by atoms with Crippen molar-refractivity contribution >= 4 is 15.7 Å². The second kappa shape index (κ2) is 9.47. The number of sulfone groups is 1. The van der Waals surface area contributed by atoms with Crippen molar-refractivity contribution in [2.45, 2.75) is 36.1 Å². The smallest absolute Gasteiger partial charge is 0.372 e. The van der Waals surface area contributed by atoms with E-state index >= 15 is 0 Å². The van der Waals surface area contributed by atoms with Gasteiger partial charge in [-0.3, -0.25) is 4.79 Å². The summed E-state index contributed by atoms with van der Waals surface area (Å²) in [6.45, 7) is 0.111. The van der Waals surface area contributed by atoms with Gasteiger partial charge in [-0.05, 0) is 59.7 Å². The molecule has 0 aliphatic heterocycles. The van der Waals surface area contributed by atoms with Crippen LogP contribution in [0.25, 0.3) is 0 Å². The number of alkyl halides is 3. The summed E-state index contributed by atoms with van der Waals surface area (Å²) in [6.07, 6.45) is -3.10. The number of amides is 1. The van der Waals surface area contributed by atoms with Gasteiger partial charge in [0.2, 0.25) is 5.60 Å². The average Bonchev–Trinajstić information content (AvgIpc) is 3.65. The van der Waals surface area contributed by atoms with Gasteiger partial charge in [0.1, 0.15) is 0 Å². The van der Waals surface area contributed by atoms with E-state index in [2.05, 4.69) is 5.32 Å². The largest absolute Gasteiger partial charge is 0.425 e. The number of rotatable bonds is 8. The summed E-state index contributed by atoms with van der Waals surface area (Å²) >= 11 is 0. The molecule has 0 radical (unpaired) electrons. The minimum absolute atomic E-state index is 0.111. The molecule has 1 fully saturated rings. The van der Waals surface area contributed by atoms with E-state index in [0.29, 0.717) is 5.56 Å². The molecule has 184 valence electrons. The number of halogens is 3. The van der Waals surface area contributed by atoms with Crippen LogP contribution in [-0.2, 0) is 22.0 Å². The van der Waals surface area contributed by atoms with Gasteiger partial charge in [-0.15, -0.1) is 0 Å². The molecule has 0 saturated heterocycles. The molecule has 2 N–H and O–H groups in total. The SMILES string of the molecule is O=C(NCc1ccc(S(=O)(=O)CC2CC2)cc1)c1ccc(C(O)(c2ccccc2)C(F)(F)F)cc1. The fraction of sp³-hybridized carbons (Fsp3) is 0.269. The molecule has 1 amide bonds. The highest BCUT2D eigenvalue weighted by atomic mass is 32.2. The molecule has 3 aromatic carbocycles. The van der Waals surface area contributed by atoms with Gasteiger partial charge < -0.3 is 10.4 Å². The fourth-order valence-corrected chi connectivity index (χ4v) is 5.52. The number of hydrogen-bond donors (Lipinski definition) is 2. The standard InChI is InChI=1S/C26H24F3NO4S/c27-26(28,29)25(32,21-4-2-1-3-5-21)22-12-10-20(11-13-22)24(31)30-16-18-8-14-23(15-9-18)35(33,34)17-19-6-7-19/h1-5,8-15,19,32H,6-7,16-17H2,(H,30,31). The lowest BCUT2D eigenvalue weighted by atomic mass is 9.85. The van der Waals surface area contributed by atoms with E-state index in [1.165, 1.54) is 48.5 Å². The molecule has 1 aliphatic rings. The van der Waals surface area contributed by atoms with Crippen molar-refractivity contribution in [3.05, 3.63) is 101 Å². The van der Waals surface area contributed by atoms with Crippen molar-refractivity contribution in [2.75, 3.05) is 5.75 Å². The van der Waals surface area contributed by atoms with Crippen LogP contribution in [0.5, 0.6) is 0 Å². The van der Waals surface area contributed by atoms with E-state index in [-0.39, 0.29) is 34.2 Å². The third-order valence-electron chi connectivity index (χ3n) is 6.05. The molecule has 1 aliphatic carbocycles. The maximum Gasteiger partial charge on any atom is 0.425 e. The molecule has 5 nitrogen and oxygen atoms in total. The summed E-state index contributed by atoms with van der Waals surface area (Å²) in [6, 6.07) is 17.6. The molecule has 0 aromatic heterocycles. The first-order valence-corrected chi connectivity index (χ1v) is 12.7. The highest BCUT2D eigenvalue weighted by molar-refractivity contribution is 7.91. The summed E-state index contributed by atoms with van der Waals surface area (Å²) in [7, 11) is -3.32. The van der Waals surface area contributed by atoms with Crippen LogP contribution in [0.3, 0.4) is 0 Å². The summed E-state index contributed by atoms with van der Waals surface area (Å²) in [5.41, 5.74) is -3.15.